The minimum atomic E-state index is 0.253. The smallest absolute Gasteiger partial charge is 0.231 e. The van der Waals surface area contributed by atoms with Gasteiger partial charge >= 0.3 is 0 Å². The highest BCUT2D eigenvalue weighted by molar-refractivity contribution is 7.22. The number of aromatic nitrogens is 5. The molecule has 1 fully saturated rings. The molecule has 0 N–H and O–H groups in total. The van der Waals surface area contributed by atoms with Crippen molar-refractivity contribution in [2.45, 2.75) is 32.1 Å². The molecule has 0 aliphatic carbocycles. The van der Waals surface area contributed by atoms with E-state index in [0.717, 1.165) is 54.1 Å². The summed E-state index contributed by atoms with van der Waals surface area (Å²) >= 11 is 1.71. The molecule has 0 radical (unpaired) electrons. The molecule has 8 nitrogen and oxygen atoms in total. The number of thiazole rings is 1. The Labute approximate surface area is 149 Å². The zero-order valence-electron chi connectivity index (χ0n) is 14.7. The topological polar surface area (TPSA) is 82.1 Å². The summed E-state index contributed by atoms with van der Waals surface area (Å²) in [6.07, 6.45) is 2.84. The average molecular weight is 362 g/mol. The zero-order valence-corrected chi connectivity index (χ0v) is 15.5. The van der Waals surface area contributed by atoms with Crippen molar-refractivity contribution in [3.8, 4) is 0 Å². The Morgan fingerprint density at radius 1 is 1.36 bits per heavy atom. The third-order valence-corrected chi connectivity index (χ3v) is 5.80. The van der Waals surface area contributed by atoms with Crippen molar-refractivity contribution in [1.82, 2.24) is 24.9 Å². The van der Waals surface area contributed by atoms with E-state index in [-0.39, 0.29) is 5.92 Å². The number of anilines is 1. The summed E-state index contributed by atoms with van der Waals surface area (Å²) in [4.78, 5) is 11.7. The van der Waals surface area contributed by atoms with Crippen LogP contribution in [0.2, 0.25) is 0 Å². The molecule has 9 heteroatoms. The number of rotatable bonds is 5. The van der Waals surface area contributed by atoms with Crippen LogP contribution in [0.3, 0.4) is 0 Å². The van der Waals surface area contributed by atoms with Gasteiger partial charge in [-0.05, 0) is 19.8 Å². The van der Waals surface area contributed by atoms with Gasteiger partial charge < -0.3 is 14.2 Å². The van der Waals surface area contributed by atoms with Crippen LogP contribution < -0.4 is 4.90 Å². The van der Waals surface area contributed by atoms with Gasteiger partial charge in [-0.3, -0.25) is 0 Å². The third-order valence-electron chi connectivity index (χ3n) is 4.59. The molecular weight excluding hydrogens is 340 g/mol. The molecule has 25 heavy (non-hydrogen) atoms. The maximum atomic E-state index is 5.49. The van der Waals surface area contributed by atoms with Crippen LogP contribution in [-0.2, 0) is 18.2 Å². The quantitative estimate of drug-likeness (QED) is 0.689. The highest BCUT2D eigenvalue weighted by Crippen LogP contribution is 2.35. The van der Waals surface area contributed by atoms with Crippen LogP contribution in [-0.4, -0.2) is 51.7 Å². The molecule has 4 rings (SSSR count). The predicted octanol–water partition coefficient (Wildman–Crippen LogP) is 2.29. The number of hydrogen-bond donors (Lipinski definition) is 0. The van der Waals surface area contributed by atoms with Crippen LogP contribution in [0.15, 0.2) is 4.52 Å². The first kappa shape index (κ1) is 16.5. The Kier molecular flexibility index (Phi) is 4.43. The maximum absolute atomic E-state index is 5.49. The molecule has 1 saturated heterocycles. The molecule has 0 amide bonds. The van der Waals surface area contributed by atoms with Crippen LogP contribution in [0.1, 0.15) is 36.2 Å². The lowest BCUT2D eigenvalue weighted by Gasteiger charge is -2.30. The molecule has 1 atom stereocenters. The summed E-state index contributed by atoms with van der Waals surface area (Å²) in [7, 11) is 3.62. The van der Waals surface area contributed by atoms with E-state index in [2.05, 4.69) is 20.1 Å². The van der Waals surface area contributed by atoms with Crippen molar-refractivity contribution >= 4 is 26.8 Å². The highest BCUT2D eigenvalue weighted by atomic mass is 32.1. The Morgan fingerprint density at radius 3 is 3.04 bits per heavy atom. The largest absolute Gasteiger partial charge is 0.384 e. The second kappa shape index (κ2) is 6.72. The van der Waals surface area contributed by atoms with Gasteiger partial charge in [-0.15, -0.1) is 0 Å². The van der Waals surface area contributed by atoms with Crippen LogP contribution in [0.25, 0.3) is 10.3 Å². The lowest BCUT2D eigenvalue weighted by Crippen LogP contribution is -2.34. The monoisotopic (exact) mass is 362 g/mol. The molecule has 1 aliphatic heterocycles. The van der Waals surface area contributed by atoms with E-state index in [4.69, 9.17) is 14.2 Å². The van der Waals surface area contributed by atoms with Gasteiger partial charge in [0.25, 0.3) is 0 Å². The third kappa shape index (κ3) is 3.13. The first-order valence-corrected chi connectivity index (χ1v) is 9.34. The van der Waals surface area contributed by atoms with Gasteiger partial charge in [0.1, 0.15) is 0 Å². The van der Waals surface area contributed by atoms with Gasteiger partial charge in [-0.2, -0.15) is 10.1 Å². The molecule has 0 bridgehead atoms. The SMILES string of the molecule is COCCc1noc([C@@H]2CCCN(c3nc4c(s3)c(C)nn4C)C2)n1. The minimum Gasteiger partial charge on any atom is -0.384 e. The van der Waals surface area contributed by atoms with Crippen molar-refractivity contribution in [2.24, 2.45) is 7.05 Å². The first-order chi connectivity index (χ1) is 12.2. The molecule has 1 aliphatic rings. The molecule has 0 spiro atoms. The van der Waals surface area contributed by atoms with Crippen molar-refractivity contribution in [3.63, 3.8) is 0 Å². The lowest BCUT2D eigenvalue weighted by molar-refractivity contribution is 0.199. The second-order valence-electron chi connectivity index (χ2n) is 6.43. The van der Waals surface area contributed by atoms with E-state index in [1.807, 2.05) is 18.7 Å². The van der Waals surface area contributed by atoms with Crippen LogP contribution >= 0.6 is 11.3 Å². The van der Waals surface area contributed by atoms with Gasteiger partial charge in [0, 0.05) is 33.7 Å². The highest BCUT2D eigenvalue weighted by Gasteiger charge is 2.28. The van der Waals surface area contributed by atoms with Crippen molar-refractivity contribution in [1.29, 1.82) is 0 Å². The zero-order chi connectivity index (χ0) is 17.4. The predicted molar refractivity (Wildman–Crippen MR) is 95.2 cm³/mol. The number of fused-ring (bicyclic) bond motifs is 1. The van der Waals surface area contributed by atoms with E-state index in [1.165, 1.54) is 4.70 Å². The average Bonchev–Trinajstić information content (AvgIpc) is 3.32. The van der Waals surface area contributed by atoms with Crippen molar-refractivity contribution < 1.29 is 9.26 Å². The first-order valence-electron chi connectivity index (χ1n) is 8.52. The number of methoxy groups -OCH3 is 1. The Balaban J connectivity index is 1.51. The van der Waals surface area contributed by atoms with E-state index in [9.17, 15) is 0 Å². The van der Waals surface area contributed by atoms with E-state index >= 15 is 0 Å². The maximum Gasteiger partial charge on any atom is 0.231 e. The fourth-order valence-corrected chi connectivity index (χ4v) is 4.36. The van der Waals surface area contributed by atoms with Crippen molar-refractivity contribution in [2.75, 3.05) is 31.7 Å². The lowest BCUT2D eigenvalue weighted by atomic mass is 9.98. The molecule has 3 aromatic heterocycles. The van der Waals surface area contributed by atoms with E-state index < -0.39 is 0 Å². The summed E-state index contributed by atoms with van der Waals surface area (Å²) in [5, 5.41) is 9.55. The molecule has 4 heterocycles. The number of nitrogens with zero attached hydrogens (tertiary/aromatic N) is 6. The van der Waals surface area contributed by atoms with E-state index in [0.29, 0.717) is 13.0 Å². The van der Waals surface area contributed by atoms with Gasteiger partial charge in [0.2, 0.25) is 5.89 Å². The van der Waals surface area contributed by atoms with Crippen LogP contribution in [0, 0.1) is 6.92 Å². The summed E-state index contributed by atoms with van der Waals surface area (Å²) in [6.45, 7) is 4.50. The fraction of sp³-hybridized carbons (Fsp3) is 0.625. The van der Waals surface area contributed by atoms with Gasteiger partial charge in [0.05, 0.1) is 22.9 Å². The Bertz CT molecular complexity index is 835. The summed E-state index contributed by atoms with van der Waals surface area (Å²) in [5.41, 5.74) is 1.99. The standard InChI is InChI=1S/C16H22N6O2S/c1-10-13-14(21(2)19-10)18-16(25-13)22-7-4-5-11(9-22)15-17-12(20-24-15)6-8-23-3/h11H,4-9H2,1-3H3/t11-/m1/s1. The summed E-state index contributed by atoms with van der Waals surface area (Å²) in [5.74, 6) is 1.70. The van der Waals surface area contributed by atoms with Gasteiger partial charge in [0.15, 0.2) is 16.6 Å². The Morgan fingerprint density at radius 2 is 2.24 bits per heavy atom. The van der Waals surface area contributed by atoms with Gasteiger partial charge in [-0.1, -0.05) is 16.5 Å². The molecule has 3 aromatic rings. The number of ether oxygens (including phenoxy) is 1. The number of aryl methyl sites for hydroxylation is 2. The van der Waals surface area contributed by atoms with Crippen LogP contribution in [0.5, 0.6) is 0 Å². The molecule has 0 aromatic carbocycles. The summed E-state index contributed by atoms with van der Waals surface area (Å²) < 4.78 is 13.6. The van der Waals surface area contributed by atoms with Crippen molar-refractivity contribution in [3.05, 3.63) is 17.4 Å². The molecule has 0 unspecified atom stereocenters. The van der Waals surface area contributed by atoms with E-state index in [1.54, 1.807) is 18.4 Å². The Hall–Kier alpha value is -2.00. The number of piperidine rings is 1. The molecule has 0 saturated carbocycles. The second-order valence-corrected chi connectivity index (χ2v) is 7.41. The normalized spacial score (nSPS) is 18.4. The molecular formula is C16H22N6O2S. The van der Waals surface area contributed by atoms with Gasteiger partial charge in [-0.25, -0.2) is 9.67 Å². The summed E-state index contributed by atoms with van der Waals surface area (Å²) in [6, 6.07) is 0. The number of hydrogen-bond acceptors (Lipinski definition) is 8. The fourth-order valence-electron chi connectivity index (χ4n) is 3.29. The van der Waals surface area contributed by atoms with Crippen LogP contribution in [0.4, 0.5) is 5.13 Å². The minimum absolute atomic E-state index is 0.253. The molecule has 134 valence electrons.